The summed E-state index contributed by atoms with van der Waals surface area (Å²) in [6.07, 6.45) is 6.87. The van der Waals surface area contributed by atoms with E-state index < -0.39 is 0 Å². The van der Waals surface area contributed by atoms with Crippen LogP contribution in [0.1, 0.15) is 59.3 Å². The Morgan fingerprint density at radius 1 is 1.04 bits per heavy atom. The fourth-order valence-corrected chi connectivity index (χ4v) is 7.48. The number of rotatable bonds is 2. The first kappa shape index (κ1) is 18.0. The zero-order chi connectivity index (χ0) is 18.9. The van der Waals surface area contributed by atoms with Crippen molar-refractivity contribution in [1.82, 2.24) is 4.90 Å². The fraction of sp³-hybridized carbons (Fsp3) is 0.909. The molecule has 1 aliphatic carbocycles. The Labute approximate surface area is 162 Å². The van der Waals surface area contributed by atoms with Crippen molar-refractivity contribution in [2.45, 2.75) is 83.6 Å². The van der Waals surface area contributed by atoms with Gasteiger partial charge in [-0.2, -0.15) is 0 Å². The molecule has 0 radical (unpaired) electrons. The van der Waals surface area contributed by atoms with Crippen LogP contribution in [-0.4, -0.2) is 47.7 Å². The van der Waals surface area contributed by atoms with E-state index in [0.717, 1.165) is 25.8 Å². The lowest BCUT2D eigenvalue weighted by Crippen LogP contribution is -2.54. The van der Waals surface area contributed by atoms with Gasteiger partial charge in [0.05, 0.1) is 11.8 Å². The second-order valence-corrected chi connectivity index (χ2v) is 9.81. The molecule has 0 N–H and O–H groups in total. The molecule has 5 rings (SSSR count). The molecule has 1 unspecified atom stereocenters. The molecule has 5 nitrogen and oxygen atoms in total. The van der Waals surface area contributed by atoms with E-state index in [1.165, 1.54) is 19.3 Å². The smallest absolute Gasteiger partial charge is 0.309 e. The number of hydrogen-bond donors (Lipinski definition) is 0. The van der Waals surface area contributed by atoms with E-state index in [2.05, 4.69) is 18.7 Å². The van der Waals surface area contributed by atoms with Crippen molar-refractivity contribution >= 4 is 11.9 Å². The third kappa shape index (κ3) is 2.53. The summed E-state index contributed by atoms with van der Waals surface area (Å²) in [5, 5.41) is 0. The lowest BCUT2D eigenvalue weighted by molar-refractivity contribution is -0.148. The van der Waals surface area contributed by atoms with Crippen LogP contribution in [0.15, 0.2) is 0 Å². The van der Waals surface area contributed by atoms with Crippen LogP contribution in [0, 0.1) is 35.5 Å². The molecule has 5 aliphatic rings. The Morgan fingerprint density at radius 3 is 2.56 bits per heavy atom. The van der Waals surface area contributed by atoms with Crippen LogP contribution in [0.2, 0.25) is 0 Å². The minimum absolute atomic E-state index is 0.00362. The predicted octanol–water partition coefficient (Wildman–Crippen LogP) is 3.01. The Morgan fingerprint density at radius 2 is 1.85 bits per heavy atom. The fourth-order valence-electron chi connectivity index (χ4n) is 7.48. The average molecular weight is 376 g/mol. The summed E-state index contributed by atoms with van der Waals surface area (Å²) in [7, 11) is 0. The SMILES string of the molecule is CC[C@@H]1[C@H]2CCCCN3[C@H]([C@@H]4C[C@@H](C)C(=O)O4)CC([C@@H]4[C@H]1OC(=O)[C@H]4C)[C@@H]23. The zero-order valence-corrected chi connectivity index (χ0v) is 16.8. The van der Waals surface area contributed by atoms with E-state index in [9.17, 15) is 9.59 Å². The number of esters is 2. The second kappa shape index (κ2) is 6.47. The van der Waals surface area contributed by atoms with E-state index in [0.29, 0.717) is 35.8 Å². The summed E-state index contributed by atoms with van der Waals surface area (Å²) in [5.41, 5.74) is 0. The first-order chi connectivity index (χ1) is 13.0. The van der Waals surface area contributed by atoms with Gasteiger partial charge >= 0.3 is 11.9 Å². The highest BCUT2D eigenvalue weighted by atomic mass is 16.6. The number of nitrogens with zero attached hydrogens (tertiary/aromatic N) is 1. The maximum atomic E-state index is 12.5. The molecular formula is C22H33NO4. The first-order valence-corrected chi connectivity index (χ1v) is 11.2. The molecule has 5 fully saturated rings. The second-order valence-electron chi connectivity index (χ2n) is 9.81. The van der Waals surface area contributed by atoms with Crippen LogP contribution in [0.5, 0.6) is 0 Å². The molecule has 1 saturated carbocycles. The average Bonchev–Trinajstić information content (AvgIpc) is 3.20. The monoisotopic (exact) mass is 375 g/mol. The highest BCUT2D eigenvalue weighted by molar-refractivity contribution is 5.75. The standard InChI is InChI=1S/C22H33NO4/c1-4-13-14-7-5-6-8-23-16(17-9-11(2)21(24)26-17)10-15(19(14)23)18-12(3)22(25)27-20(13)18/h11-20H,4-10H2,1-3H3/t11-,12+,13-,14-,15?,16+,17+,18-,19-,20+/m1/s1. The van der Waals surface area contributed by atoms with Crippen LogP contribution < -0.4 is 0 Å². The van der Waals surface area contributed by atoms with Gasteiger partial charge in [0.1, 0.15) is 12.2 Å². The lowest BCUT2D eigenvalue weighted by Gasteiger charge is -2.48. The number of ether oxygens (including phenoxy) is 2. The molecule has 0 spiro atoms. The summed E-state index contributed by atoms with van der Waals surface area (Å²) in [6, 6.07) is 0.865. The molecular weight excluding hydrogens is 342 g/mol. The molecule has 27 heavy (non-hydrogen) atoms. The van der Waals surface area contributed by atoms with Crippen molar-refractivity contribution in [3.63, 3.8) is 0 Å². The van der Waals surface area contributed by atoms with Crippen molar-refractivity contribution in [3.8, 4) is 0 Å². The molecule has 4 saturated heterocycles. The summed E-state index contributed by atoms with van der Waals surface area (Å²) in [4.78, 5) is 27.3. The van der Waals surface area contributed by atoms with E-state index >= 15 is 0 Å². The highest BCUT2D eigenvalue weighted by Crippen LogP contribution is 2.57. The number of carbonyl (C=O) groups excluding carboxylic acids is 2. The number of cyclic esters (lactones) is 1. The van der Waals surface area contributed by atoms with Gasteiger partial charge in [0.2, 0.25) is 0 Å². The van der Waals surface area contributed by atoms with E-state index in [1.54, 1.807) is 0 Å². The predicted molar refractivity (Wildman–Crippen MR) is 99.7 cm³/mol. The van der Waals surface area contributed by atoms with Crippen molar-refractivity contribution < 1.29 is 19.1 Å². The molecule has 4 aliphatic heterocycles. The van der Waals surface area contributed by atoms with Crippen LogP contribution in [0.3, 0.4) is 0 Å². The molecule has 0 aromatic carbocycles. The van der Waals surface area contributed by atoms with Gasteiger partial charge in [-0.25, -0.2) is 0 Å². The minimum atomic E-state index is -0.0294. The minimum Gasteiger partial charge on any atom is -0.462 e. The number of fused-ring (bicyclic) bond motifs is 2. The van der Waals surface area contributed by atoms with Gasteiger partial charge < -0.3 is 9.47 Å². The van der Waals surface area contributed by atoms with E-state index in [4.69, 9.17) is 9.47 Å². The van der Waals surface area contributed by atoms with Crippen LogP contribution >= 0.6 is 0 Å². The zero-order valence-electron chi connectivity index (χ0n) is 16.8. The van der Waals surface area contributed by atoms with Gasteiger partial charge in [0, 0.05) is 23.9 Å². The molecule has 10 atom stereocenters. The van der Waals surface area contributed by atoms with Crippen LogP contribution in [0.25, 0.3) is 0 Å². The van der Waals surface area contributed by atoms with Crippen molar-refractivity contribution in [3.05, 3.63) is 0 Å². The summed E-state index contributed by atoms with van der Waals surface area (Å²) >= 11 is 0. The van der Waals surface area contributed by atoms with Crippen LogP contribution in [0.4, 0.5) is 0 Å². The van der Waals surface area contributed by atoms with E-state index in [-0.39, 0.29) is 36.0 Å². The largest absolute Gasteiger partial charge is 0.462 e. The summed E-state index contributed by atoms with van der Waals surface area (Å²) in [6.45, 7) is 7.44. The molecule has 4 heterocycles. The molecule has 0 aromatic rings. The number of hydrogen-bond acceptors (Lipinski definition) is 5. The van der Waals surface area contributed by atoms with Gasteiger partial charge in [-0.1, -0.05) is 27.2 Å². The first-order valence-electron chi connectivity index (χ1n) is 11.2. The molecule has 5 heteroatoms. The third-order valence-electron chi connectivity index (χ3n) is 8.61. The third-order valence-corrected chi connectivity index (χ3v) is 8.61. The van der Waals surface area contributed by atoms with Crippen molar-refractivity contribution in [2.24, 2.45) is 35.5 Å². The maximum absolute atomic E-state index is 12.5. The van der Waals surface area contributed by atoms with Crippen molar-refractivity contribution in [2.75, 3.05) is 6.54 Å². The van der Waals surface area contributed by atoms with Crippen molar-refractivity contribution in [1.29, 1.82) is 0 Å². The Bertz CT molecular complexity index is 636. The summed E-state index contributed by atoms with van der Waals surface area (Å²) < 4.78 is 11.8. The van der Waals surface area contributed by atoms with Crippen LogP contribution in [-0.2, 0) is 19.1 Å². The van der Waals surface area contributed by atoms with E-state index in [1.807, 2.05) is 6.92 Å². The maximum Gasteiger partial charge on any atom is 0.309 e. The van der Waals surface area contributed by atoms with Gasteiger partial charge in [-0.05, 0) is 50.5 Å². The Kier molecular flexibility index (Phi) is 4.30. The van der Waals surface area contributed by atoms with Gasteiger partial charge in [-0.15, -0.1) is 0 Å². The quantitative estimate of drug-likeness (QED) is 0.695. The number of carbonyl (C=O) groups is 2. The molecule has 0 bridgehead atoms. The lowest BCUT2D eigenvalue weighted by atomic mass is 9.60. The Hall–Kier alpha value is -1.10. The normalized spacial score (nSPS) is 52.1. The van der Waals surface area contributed by atoms with Gasteiger partial charge in [0.15, 0.2) is 0 Å². The topological polar surface area (TPSA) is 55.8 Å². The highest BCUT2D eigenvalue weighted by Gasteiger charge is 2.63. The van der Waals surface area contributed by atoms with Gasteiger partial charge in [0.25, 0.3) is 0 Å². The van der Waals surface area contributed by atoms with Gasteiger partial charge in [-0.3, -0.25) is 14.5 Å². The molecule has 0 amide bonds. The molecule has 150 valence electrons. The summed E-state index contributed by atoms with van der Waals surface area (Å²) in [5.74, 6) is 1.94. The Balaban J connectivity index is 1.51. The molecule has 0 aromatic heterocycles.